The molecule has 0 spiro atoms. The number of rotatable bonds is 7. The van der Waals surface area contributed by atoms with Gasteiger partial charge in [0.05, 0.1) is 15.7 Å². The highest BCUT2D eigenvalue weighted by atomic mass is 32.2. The van der Waals surface area contributed by atoms with E-state index < -0.39 is 9.84 Å². The van der Waals surface area contributed by atoms with Gasteiger partial charge in [-0.2, -0.15) is 5.06 Å². The third-order valence-electron chi connectivity index (χ3n) is 5.88. The van der Waals surface area contributed by atoms with E-state index in [1.165, 1.54) is 12.8 Å². The van der Waals surface area contributed by atoms with Gasteiger partial charge in [0, 0.05) is 12.6 Å². The second-order valence-corrected chi connectivity index (χ2v) is 12.0. The first-order valence-electron chi connectivity index (χ1n) is 11.2. The van der Waals surface area contributed by atoms with E-state index in [2.05, 4.69) is 5.06 Å². The number of piperidine rings is 1. The van der Waals surface area contributed by atoms with Crippen LogP contribution in [0.3, 0.4) is 0 Å². The number of nitrogens with zero attached hydrogens (tertiary/aromatic N) is 1. The molecule has 1 aliphatic heterocycles. The molecule has 0 bridgehead atoms. The fourth-order valence-corrected chi connectivity index (χ4v) is 6.00. The van der Waals surface area contributed by atoms with Gasteiger partial charge >= 0.3 is 0 Å². The minimum absolute atomic E-state index is 0.154. The normalized spacial score (nSPS) is 22.9. The van der Waals surface area contributed by atoms with Crippen molar-refractivity contribution >= 4 is 9.84 Å². The van der Waals surface area contributed by atoms with Crippen LogP contribution >= 0.6 is 0 Å². The van der Waals surface area contributed by atoms with Crippen molar-refractivity contribution in [2.45, 2.75) is 74.7 Å². The summed E-state index contributed by atoms with van der Waals surface area (Å²) in [6, 6.07) is 16.4. The van der Waals surface area contributed by atoms with E-state index in [0.29, 0.717) is 35.9 Å². The lowest BCUT2D eigenvalue weighted by Crippen LogP contribution is -2.49. The van der Waals surface area contributed by atoms with Crippen molar-refractivity contribution in [3.05, 3.63) is 54.6 Å². The summed E-state index contributed by atoms with van der Waals surface area (Å²) in [5, 5.41) is 1.68. The maximum absolute atomic E-state index is 13.4. The zero-order valence-electron chi connectivity index (χ0n) is 18.7. The lowest BCUT2D eigenvalue weighted by molar-refractivity contribution is -0.258. The van der Waals surface area contributed by atoms with Gasteiger partial charge in [-0.3, -0.25) is 4.84 Å². The molecule has 0 N–H and O–H groups in total. The highest BCUT2D eigenvalue weighted by Gasteiger charge is 2.40. The second kappa shape index (κ2) is 8.93. The Morgan fingerprint density at radius 3 is 2.19 bits per heavy atom. The van der Waals surface area contributed by atoms with Crippen LogP contribution in [-0.2, 0) is 14.7 Å². The highest BCUT2D eigenvalue weighted by Crippen LogP contribution is 2.39. The van der Waals surface area contributed by atoms with Crippen LogP contribution in [-0.4, -0.2) is 36.9 Å². The summed E-state index contributed by atoms with van der Waals surface area (Å²) in [4.78, 5) is 6.55. The second-order valence-electron chi connectivity index (χ2n) is 9.76. The minimum atomic E-state index is -3.40. The van der Waals surface area contributed by atoms with E-state index in [1.54, 1.807) is 24.3 Å². The molecule has 4 rings (SSSR count). The van der Waals surface area contributed by atoms with Crippen molar-refractivity contribution in [3.8, 4) is 11.5 Å². The molecule has 1 saturated heterocycles. The van der Waals surface area contributed by atoms with Crippen molar-refractivity contribution in [1.82, 2.24) is 5.06 Å². The average Bonchev–Trinajstić information content (AvgIpc) is 3.53. The Labute approximate surface area is 186 Å². The van der Waals surface area contributed by atoms with E-state index in [4.69, 9.17) is 9.57 Å². The van der Waals surface area contributed by atoms with Gasteiger partial charge in [0.2, 0.25) is 0 Å². The average molecular weight is 444 g/mol. The third kappa shape index (κ3) is 5.88. The summed E-state index contributed by atoms with van der Waals surface area (Å²) in [7, 11) is -3.40. The fraction of sp³-hybridized carbons (Fsp3) is 0.520. The molecule has 1 aliphatic carbocycles. The van der Waals surface area contributed by atoms with E-state index in [1.807, 2.05) is 51.1 Å². The van der Waals surface area contributed by atoms with E-state index in [0.717, 1.165) is 12.2 Å². The Balaban J connectivity index is 1.46. The van der Waals surface area contributed by atoms with Crippen LogP contribution in [0.2, 0.25) is 0 Å². The molecule has 0 amide bonds. The summed E-state index contributed by atoms with van der Waals surface area (Å²) < 4.78 is 32.6. The van der Waals surface area contributed by atoms with Crippen molar-refractivity contribution in [3.63, 3.8) is 0 Å². The fourth-order valence-electron chi connectivity index (χ4n) is 4.21. The smallest absolute Gasteiger partial charge is 0.181 e. The van der Waals surface area contributed by atoms with Gasteiger partial charge in [-0.05, 0) is 82.3 Å². The first-order valence-corrected chi connectivity index (χ1v) is 12.8. The number of sulfone groups is 1. The summed E-state index contributed by atoms with van der Waals surface area (Å²) in [6.07, 6.45) is 4.73. The van der Waals surface area contributed by atoms with Crippen LogP contribution in [0.4, 0.5) is 0 Å². The highest BCUT2D eigenvalue weighted by molar-refractivity contribution is 7.92. The lowest BCUT2D eigenvalue weighted by Gasteiger charge is -2.41. The molecule has 1 heterocycles. The summed E-state index contributed by atoms with van der Waals surface area (Å²) in [5.74, 6) is 2.07. The van der Waals surface area contributed by atoms with Crippen LogP contribution in [0, 0.1) is 5.92 Å². The molecule has 2 aliphatic rings. The summed E-state index contributed by atoms with van der Waals surface area (Å²) in [5.41, 5.74) is -0.276. The van der Waals surface area contributed by atoms with Crippen molar-refractivity contribution < 1.29 is 18.0 Å². The first kappa shape index (κ1) is 22.3. The van der Waals surface area contributed by atoms with Crippen LogP contribution in [0.1, 0.15) is 52.9 Å². The lowest BCUT2D eigenvalue weighted by atomic mass is 9.98. The Hall–Kier alpha value is -1.89. The topological polar surface area (TPSA) is 55.8 Å². The molecule has 2 atom stereocenters. The monoisotopic (exact) mass is 443 g/mol. The summed E-state index contributed by atoms with van der Waals surface area (Å²) >= 11 is 0. The number of benzene rings is 2. The maximum atomic E-state index is 13.4. The van der Waals surface area contributed by atoms with Gasteiger partial charge in [0.15, 0.2) is 9.84 Å². The van der Waals surface area contributed by atoms with E-state index >= 15 is 0 Å². The molecule has 2 unspecified atom stereocenters. The number of para-hydroxylation sites is 1. The van der Waals surface area contributed by atoms with Gasteiger partial charge in [0.1, 0.15) is 11.5 Å². The number of hydrogen-bond donors (Lipinski definition) is 0. The van der Waals surface area contributed by atoms with Gasteiger partial charge in [-0.15, -0.1) is 0 Å². The Bertz CT molecular complexity index is 963. The van der Waals surface area contributed by atoms with Gasteiger partial charge < -0.3 is 4.74 Å². The van der Waals surface area contributed by atoms with Crippen LogP contribution in [0.15, 0.2) is 59.5 Å². The van der Waals surface area contributed by atoms with Crippen LogP contribution in [0.5, 0.6) is 11.5 Å². The van der Waals surface area contributed by atoms with Crippen LogP contribution < -0.4 is 4.74 Å². The summed E-state index contributed by atoms with van der Waals surface area (Å²) in [6.45, 7) is 6.78. The Kier molecular flexibility index (Phi) is 6.42. The predicted molar refractivity (Wildman–Crippen MR) is 122 cm³/mol. The zero-order chi connectivity index (χ0) is 22.1. The molecular formula is C25H33NO4S. The van der Waals surface area contributed by atoms with Crippen molar-refractivity contribution in [1.29, 1.82) is 0 Å². The molecule has 0 aromatic heterocycles. The quantitative estimate of drug-likeness (QED) is 0.556. The number of hydrogen-bond acceptors (Lipinski definition) is 5. The molecule has 1 saturated carbocycles. The minimum Gasteiger partial charge on any atom is -0.457 e. The van der Waals surface area contributed by atoms with Crippen LogP contribution in [0.25, 0.3) is 0 Å². The number of ether oxygens (including phenoxy) is 1. The largest absolute Gasteiger partial charge is 0.457 e. The van der Waals surface area contributed by atoms with Crippen molar-refractivity contribution in [2.24, 2.45) is 5.92 Å². The first-order chi connectivity index (χ1) is 14.7. The zero-order valence-corrected chi connectivity index (χ0v) is 19.5. The molecule has 5 nitrogen and oxygen atoms in total. The molecule has 2 aromatic carbocycles. The molecule has 2 aromatic rings. The third-order valence-corrected chi connectivity index (χ3v) is 8.11. The molecule has 0 radical (unpaired) electrons. The molecule has 6 heteroatoms. The van der Waals surface area contributed by atoms with E-state index in [9.17, 15) is 8.42 Å². The number of hydroxylamine groups is 2. The molecule has 2 fully saturated rings. The molecular weight excluding hydrogens is 410 g/mol. The van der Waals surface area contributed by atoms with Gasteiger partial charge in [-0.25, -0.2) is 8.42 Å². The maximum Gasteiger partial charge on any atom is 0.181 e. The SMILES string of the molecule is CC(C)(C)ON1CCC(S(=O)(=O)c2ccc(Oc3ccccc3)cc2)CC1CC1CC1. The molecule has 31 heavy (non-hydrogen) atoms. The van der Waals surface area contributed by atoms with Gasteiger partial charge in [0.25, 0.3) is 0 Å². The predicted octanol–water partition coefficient (Wildman–Crippen LogP) is 5.62. The Morgan fingerprint density at radius 2 is 1.58 bits per heavy atom. The molecule has 168 valence electrons. The Morgan fingerprint density at radius 1 is 0.935 bits per heavy atom. The van der Waals surface area contributed by atoms with E-state index in [-0.39, 0.29) is 16.9 Å². The standard InChI is InChI=1S/C25H33NO4S/c1-25(2,3)30-26-16-15-24(18-20(26)17-19-9-10-19)31(27,28)23-13-11-22(12-14-23)29-21-7-5-4-6-8-21/h4-8,11-14,19-20,24H,9-10,15-18H2,1-3H3. The van der Waals surface area contributed by atoms with Crippen molar-refractivity contribution in [2.75, 3.05) is 6.54 Å². The van der Waals surface area contributed by atoms with Gasteiger partial charge in [-0.1, -0.05) is 31.0 Å².